The van der Waals surface area contributed by atoms with Gasteiger partial charge in [0.05, 0.1) is 11.1 Å². The van der Waals surface area contributed by atoms with Gasteiger partial charge in [-0.1, -0.05) is 48.5 Å². The van der Waals surface area contributed by atoms with Gasteiger partial charge in [-0.15, -0.1) is 0 Å². The molecule has 30 heavy (non-hydrogen) atoms. The summed E-state index contributed by atoms with van der Waals surface area (Å²) in [5.41, 5.74) is 4.27. The molecule has 0 saturated heterocycles. The first-order chi connectivity index (χ1) is 14.5. The Balaban J connectivity index is 2.05. The summed E-state index contributed by atoms with van der Waals surface area (Å²) < 4.78 is 0. The van der Waals surface area contributed by atoms with Crippen molar-refractivity contribution in [1.82, 2.24) is 20.4 Å². The molecule has 150 valence electrons. The van der Waals surface area contributed by atoms with Crippen LogP contribution in [0.4, 0.5) is 0 Å². The lowest BCUT2D eigenvalue weighted by molar-refractivity contribution is 0.949. The number of aryl methyl sites for hydroxylation is 3. The van der Waals surface area contributed by atoms with Gasteiger partial charge in [0, 0.05) is 17.3 Å². The average molecular weight is 398 g/mol. The Labute approximate surface area is 171 Å². The maximum absolute atomic E-state index is 12.9. The van der Waals surface area contributed by atoms with E-state index in [4.69, 9.17) is 0 Å². The molecule has 0 bridgehead atoms. The van der Waals surface area contributed by atoms with Crippen LogP contribution in [0, 0.1) is 20.8 Å². The van der Waals surface area contributed by atoms with E-state index < -0.39 is 5.92 Å². The Morgan fingerprint density at radius 1 is 0.567 bits per heavy atom. The first-order valence-electron chi connectivity index (χ1n) is 9.93. The van der Waals surface area contributed by atoms with E-state index in [0.29, 0.717) is 11.1 Å². The van der Waals surface area contributed by atoms with Crippen molar-refractivity contribution in [3.63, 3.8) is 0 Å². The molecule has 0 aliphatic heterocycles. The van der Waals surface area contributed by atoms with Gasteiger partial charge in [-0.2, -0.15) is 0 Å². The zero-order valence-electron chi connectivity index (χ0n) is 17.0. The Morgan fingerprint density at radius 2 is 0.967 bits per heavy atom. The number of H-pyrrole nitrogens is 4. The predicted molar refractivity (Wildman–Crippen MR) is 119 cm³/mol. The van der Waals surface area contributed by atoms with Gasteiger partial charge in [0.1, 0.15) is 0 Å². The summed E-state index contributed by atoms with van der Waals surface area (Å²) in [6, 6.07) is 16.4. The topological polar surface area (TPSA) is 97.3 Å². The van der Waals surface area contributed by atoms with Crippen LogP contribution in [0.15, 0.2) is 58.1 Å². The van der Waals surface area contributed by atoms with E-state index in [1.807, 2.05) is 38.1 Å². The van der Waals surface area contributed by atoms with Crippen LogP contribution in [-0.2, 0) is 0 Å². The molecule has 4 N–H and O–H groups in total. The normalized spacial score (nSPS) is 11.7. The van der Waals surface area contributed by atoms with Crippen LogP contribution >= 0.6 is 0 Å². The SMILES string of the molecule is Cc1[nH][nH]c(=O)c1C(c1c(C)[nH][nH]c1=O)c1c2ccccc2c(C)c2ccccc12. The Kier molecular flexibility index (Phi) is 4.03. The molecule has 0 amide bonds. The first kappa shape index (κ1) is 18.2. The maximum Gasteiger partial charge on any atom is 0.268 e. The highest BCUT2D eigenvalue weighted by molar-refractivity contribution is 6.06. The quantitative estimate of drug-likeness (QED) is 0.344. The zero-order chi connectivity index (χ0) is 21.0. The van der Waals surface area contributed by atoms with E-state index in [1.54, 1.807) is 0 Å². The second-order valence-electron chi connectivity index (χ2n) is 7.80. The summed E-state index contributed by atoms with van der Waals surface area (Å²) in [5.74, 6) is -0.523. The summed E-state index contributed by atoms with van der Waals surface area (Å²) in [4.78, 5) is 25.8. The molecule has 6 nitrogen and oxygen atoms in total. The standard InChI is InChI=1S/C24H22N4O2/c1-12-15-8-4-6-10-17(15)21(18-11-7-5-9-16(12)18)22(19-13(2)25-27-23(19)29)20-14(3)26-28-24(20)30/h4-11,22H,1-3H3,(H2,25,27,29)(H2,26,28,30). The lowest BCUT2D eigenvalue weighted by atomic mass is 9.79. The zero-order valence-corrected chi connectivity index (χ0v) is 17.0. The molecule has 5 aromatic rings. The first-order valence-corrected chi connectivity index (χ1v) is 9.93. The summed E-state index contributed by atoms with van der Waals surface area (Å²) >= 11 is 0. The summed E-state index contributed by atoms with van der Waals surface area (Å²) in [6.45, 7) is 5.83. The van der Waals surface area contributed by atoms with Crippen LogP contribution in [0.2, 0.25) is 0 Å². The molecule has 2 aromatic heterocycles. The molecule has 2 heterocycles. The van der Waals surface area contributed by atoms with E-state index >= 15 is 0 Å². The molecule has 0 aliphatic rings. The lowest BCUT2D eigenvalue weighted by Gasteiger charge is -2.22. The number of fused-ring (bicyclic) bond motifs is 2. The fourth-order valence-electron chi connectivity index (χ4n) is 4.73. The van der Waals surface area contributed by atoms with Gasteiger partial charge in [-0.05, 0) is 53.4 Å². The molecule has 5 rings (SSSR count). The van der Waals surface area contributed by atoms with Crippen molar-refractivity contribution in [1.29, 1.82) is 0 Å². The van der Waals surface area contributed by atoms with E-state index in [9.17, 15) is 9.59 Å². The third kappa shape index (κ3) is 2.50. The van der Waals surface area contributed by atoms with Gasteiger partial charge in [-0.25, -0.2) is 0 Å². The lowest BCUT2D eigenvalue weighted by Crippen LogP contribution is -2.21. The Morgan fingerprint density at radius 3 is 1.33 bits per heavy atom. The highest BCUT2D eigenvalue weighted by Crippen LogP contribution is 2.41. The van der Waals surface area contributed by atoms with Gasteiger partial charge >= 0.3 is 0 Å². The molecular formula is C24H22N4O2. The smallest absolute Gasteiger partial charge is 0.268 e. The van der Waals surface area contributed by atoms with E-state index in [2.05, 4.69) is 51.6 Å². The average Bonchev–Trinajstić information content (AvgIpc) is 3.26. The van der Waals surface area contributed by atoms with Crippen LogP contribution in [0.3, 0.4) is 0 Å². The van der Waals surface area contributed by atoms with Crippen molar-refractivity contribution in [3.05, 3.63) is 103 Å². The van der Waals surface area contributed by atoms with Gasteiger partial charge in [0.2, 0.25) is 0 Å². The molecular weight excluding hydrogens is 376 g/mol. The third-order valence-electron chi connectivity index (χ3n) is 6.13. The molecule has 0 aliphatic carbocycles. The highest BCUT2D eigenvalue weighted by Gasteiger charge is 2.31. The number of aromatic amines is 4. The van der Waals surface area contributed by atoms with Gasteiger partial charge in [0.15, 0.2) is 0 Å². The molecule has 3 aromatic carbocycles. The van der Waals surface area contributed by atoms with E-state index in [0.717, 1.165) is 38.5 Å². The van der Waals surface area contributed by atoms with Gasteiger partial charge in [-0.3, -0.25) is 19.8 Å². The molecule has 0 spiro atoms. The number of hydrogen-bond donors (Lipinski definition) is 4. The minimum Gasteiger partial charge on any atom is -0.302 e. The largest absolute Gasteiger partial charge is 0.302 e. The number of aromatic nitrogens is 4. The molecule has 0 radical (unpaired) electrons. The van der Waals surface area contributed by atoms with Crippen molar-refractivity contribution < 1.29 is 0 Å². The molecule has 0 fully saturated rings. The Hall–Kier alpha value is -3.80. The van der Waals surface area contributed by atoms with E-state index in [-0.39, 0.29) is 11.1 Å². The Bertz CT molecular complexity index is 1420. The minimum atomic E-state index is -0.523. The summed E-state index contributed by atoms with van der Waals surface area (Å²) in [6.07, 6.45) is 0. The molecule has 6 heteroatoms. The number of rotatable bonds is 3. The highest BCUT2D eigenvalue weighted by atomic mass is 16.1. The van der Waals surface area contributed by atoms with E-state index in [1.165, 1.54) is 5.56 Å². The van der Waals surface area contributed by atoms with Crippen molar-refractivity contribution in [2.75, 3.05) is 0 Å². The van der Waals surface area contributed by atoms with Crippen molar-refractivity contribution in [2.24, 2.45) is 0 Å². The second kappa shape index (κ2) is 6.62. The summed E-state index contributed by atoms with van der Waals surface area (Å²) in [7, 11) is 0. The monoisotopic (exact) mass is 398 g/mol. The predicted octanol–water partition coefficient (Wildman–Crippen LogP) is 4.13. The molecule has 0 unspecified atom stereocenters. The fourth-order valence-corrected chi connectivity index (χ4v) is 4.73. The van der Waals surface area contributed by atoms with Crippen LogP contribution in [0.25, 0.3) is 21.5 Å². The van der Waals surface area contributed by atoms with Crippen molar-refractivity contribution >= 4 is 21.5 Å². The van der Waals surface area contributed by atoms with Crippen LogP contribution in [0.1, 0.15) is 39.6 Å². The molecule has 0 atom stereocenters. The second-order valence-corrected chi connectivity index (χ2v) is 7.80. The summed E-state index contributed by atoms with van der Waals surface area (Å²) in [5, 5.41) is 15.6. The molecule has 0 saturated carbocycles. The minimum absolute atomic E-state index is 0.216. The number of hydrogen-bond acceptors (Lipinski definition) is 2. The van der Waals surface area contributed by atoms with Gasteiger partial charge < -0.3 is 10.2 Å². The maximum atomic E-state index is 12.9. The number of benzene rings is 3. The number of nitrogens with one attached hydrogen (secondary N) is 4. The van der Waals surface area contributed by atoms with Crippen LogP contribution in [-0.4, -0.2) is 20.4 Å². The van der Waals surface area contributed by atoms with Crippen LogP contribution < -0.4 is 11.1 Å². The third-order valence-corrected chi connectivity index (χ3v) is 6.13. The van der Waals surface area contributed by atoms with Crippen LogP contribution in [0.5, 0.6) is 0 Å². The van der Waals surface area contributed by atoms with Gasteiger partial charge in [0.25, 0.3) is 11.1 Å². The van der Waals surface area contributed by atoms with Crippen molar-refractivity contribution in [3.8, 4) is 0 Å². The van der Waals surface area contributed by atoms with Crippen molar-refractivity contribution in [2.45, 2.75) is 26.7 Å². The fraction of sp³-hybridized carbons (Fsp3) is 0.167.